The van der Waals surface area contributed by atoms with Crippen molar-refractivity contribution < 1.29 is 35.9 Å². The number of carbonyl (C=O) groups excluding carboxylic acids is 2. The molecule has 4 aromatic rings. The Kier molecular flexibility index (Phi) is 7.67. The van der Waals surface area contributed by atoms with Crippen LogP contribution in [0.5, 0.6) is 0 Å². The highest BCUT2D eigenvalue weighted by atomic mass is 19.4. The molecule has 0 bridgehead atoms. The quantitative estimate of drug-likeness (QED) is 0.226. The molecule has 0 aliphatic heterocycles. The maximum absolute atomic E-state index is 13.1. The maximum atomic E-state index is 13.1. The molecular formula is C27H21F6N5O2. The topological polar surface area (TPSA) is 96.0 Å². The van der Waals surface area contributed by atoms with E-state index in [1.54, 1.807) is 36.5 Å². The molecule has 4 rings (SSSR count). The van der Waals surface area contributed by atoms with Crippen LogP contribution < -0.4 is 16.0 Å². The van der Waals surface area contributed by atoms with Crippen molar-refractivity contribution >= 4 is 34.3 Å². The summed E-state index contributed by atoms with van der Waals surface area (Å²) in [5.74, 6) is -0.333. The third-order valence-corrected chi connectivity index (χ3v) is 5.51. The molecule has 0 saturated heterocycles. The van der Waals surface area contributed by atoms with Crippen LogP contribution in [0.4, 0.5) is 42.5 Å². The molecule has 40 heavy (non-hydrogen) atoms. The summed E-state index contributed by atoms with van der Waals surface area (Å²) in [5.41, 5.74) is -1.37. The third kappa shape index (κ3) is 6.65. The van der Waals surface area contributed by atoms with Crippen LogP contribution in [0.15, 0.2) is 66.9 Å². The SMILES string of the molecule is CC(C)NC(=O)c1cc(-c2ccc(NC(=O)Nc3cc(C(F)(F)F)cc(C(F)(F)F)c3)cc2)nc2cccnc12. The largest absolute Gasteiger partial charge is 0.416 e. The molecule has 3 N–H and O–H groups in total. The lowest BCUT2D eigenvalue weighted by molar-refractivity contribution is -0.143. The van der Waals surface area contributed by atoms with E-state index in [2.05, 4.69) is 20.6 Å². The van der Waals surface area contributed by atoms with Gasteiger partial charge in [-0.05, 0) is 62.4 Å². The van der Waals surface area contributed by atoms with E-state index >= 15 is 0 Å². The Balaban J connectivity index is 1.55. The highest BCUT2D eigenvalue weighted by Crippen LogP contribution is 2.37. The number of hydrogen-bond acceptors (Lipinski definition) is 4. The van der Waals surface area contributed by atoms with Crippen LogP contribution in [0.1, 0.15) is 35.3 Å². The zero-order valence-corrected chi connectivity index (χ0v) is 20.9. The van der Waals surface area contributed by atoms with E-state index in [-0.39, 0.29) is 23.7 Å². The molecule has 13 heteroatoms. The zero-order chi connectivity index (χ0) is 29.2. The van der Waals surface area contributed by atoms with Crippen LogP contribution in [0.25, 0.3) is 22.3 Å². The van der Waals surface area contributed by atoms with E-state index in [4.69, 9.17) is 0 Å². The molecule has 0 aliphatic carbocycles. The Morgan fingerprint density at radius 2 is 1.40 bits per heavy atom. The number of carbonyl (C=O) groups is 2. The monoisotopic (exact) mass is 561 g/mol. The van der Waals surface area contributed by atoms with Crippen molar-refractivity contribution in [1.82, 2.24) is 15.3 Å². The molecule has 0 unspecified atom stereocenters. The van der Waals surface area contributed by atoms with E-state index < -0.39 is 35.2 Å². The minimum Gasteiger partial charge on any atom is -0.350 e. The Hall–Kier alpha value is -4.68. The number of anilines is 2. The lowest BCUT2D eigenvalue weighted by Gasteiger charge is -2.15. The molecule has 2 aromatic carbocycles. The number of hydrogen-bond donors (Lipinski definition) is 3. The first-order chi connectivity index (χ1) is 18.7. The molecule has 0 spiro atoms. The Labute approximate surface area is 223 Å². The molecule has 3 amide bonds. The summed E-state index contributed by atoms with van der Waals surface area (Å²) in [6.07, 6.45) is -8.55. The molecule has 0 atom stereocenters. The predicted molar refractivity (Wildman–Crippen MR) is 137 cm³/mol. The van der Waals surface area contributed by atoms with Gasteiger partial charge in [0.2, 0.25) is 0 Å². The van der Waals surface area contributed by atoms with Crippen molar-refractivity contribution in [2.24, 2.45) is 0 Å². The molecular weight excluding hydrogens is 540 g/mol. The number of nitrogens with one attached hydrogen (secondary N) is 3. The first-order valence-electron chi connectivity index (χ1n) is 11.8. The maximum Gasteiger partial charge on any atom is 0.416 e. The fraction of sp³-hybridized carbons (Fsp3) is 0.185. The van der Waals surface area contributed by atoms with E-state index in [9.17, 15) is 35.9 Å². The number of pyridine rings is 2. The highest BCUT2D eigenvalue weighted by molar-refractivity contribution is 6.06. The predicted octanol–water partition coefficient (Wildman–Crippen LogP) is 7.12. The Morgan fingerprint density at radius 3 is 1.98 bits per heavy atom. The second-order valence-electron chi connectivity index (χ2n) is 9.01. The van der Waals surface area contributed by atoms with Gasteiger partial charge in [-0.3, -0.25) is 9.78 Å². The van der Waals surface area contributed by atoms with E-state index in [0.717, 1.165) is 0 Å². The zero-order valence-electron chi connectivity index (χ0n) is 20.9. The van der Waals surface area contributed by atoms with Crippen molar-refractivity contribution in [1.29, 1.82) is 0 Å². The smallest absolute Gasteiger partial charge is 0.350 e. The van der Waals surface area contributed by atoms with Gasteiger partial charge in [-0.25, -0.2) is 9.78 Å². The van der Waals surface area contributed by atoms with Crippen LogP contribution in [-0.2, 0) is 12.4 Å². The summed E-state index contributed by atoms with van der Waals surface area (Å²) in [4.78, 5) is 33.9. The second-order valence-corrected chi connectivity index (χ2v) is 9.01. The van der Waals surface area contributed by atoms with E-state index in [1.807, 2.05) is 19.2 Å². The number of halogens is 6. The first-order valence-corrected chi connectivity index (χ1v) is 11.8. The molecule has 0 saturated carbocycles. The van der Waals surface area contributed by atoms with Gasteiger partial charge in [-0.1, -0.05) is 12.1 Å². The van der Waals surface area contributed by atoms with Crippen LogP contribution >= 0.6 is 0 Å². The van der Waals surface area contributed by atoms with Crippen molar-refractivity contribution in [3.05, 3.63) is 83.6 Å². The van der Waals surface area contributed by atoms with Crippen molar-refractivity contribution in [2.75, 3.05) is 10.6 Å². The second kappa shape index (κ2) is 10.8. The number of rotatable bonds is 5. The third-order valence-electron chi connectivity index (χ3n) is 5.51. The fourth-order valence-corrected chi connectivity index (χ4v) is 3.77. The molecule has 208 valence electrons. The van der Waals surface area contributed by atoms with Gasteiger partial charge in [0.25, 0.3) is 5.91 Å². The summed E-state index contributed by atoms with van der Waals surface area (Å²) in [7, 11) is 0. The summed E-state index contributed by atoms with van der Waals surface area (Å²) in [6.45, 7) is 3.64. The molecule has 2 aromatic heterocycles. The molecule has 7 nitrogen and oxygen atoms in total. The van der Waals surface area contributed by atoms with Crippen molar-refractivity contribution in [3.63, 3.8) is 0 Å². The van der Waals surface area contributed by atoms with Crippen LogP contribution in [0.3, 0.4) is 0 Å². The number of amides is 3. The van der Waals surface area contributed by atoms with Gasteiger partial charge >= 0.3 is 18.4 Å². The highest BCUT2D eigenvalue weighted by Gasteiger charge is 2.37. The normalized spacial score (nSPS) is 11.9. The van der Waals surface area contributed by atoms with Crippen LogP contribution in [-0.4, -0.2) is 27.9 Å². The fourth-order valence-electron chi connectivity index (χ4n) is 3.77. The van der Waals surface area contributed by atoms with Crippen molar-refractivity contribution in [3.8, 4) is 11.3 Å². The standard InChI is InChI=1S/C27H21F6N5O2/c1-14(2)35-24(39)20-13-22(38-21-4-3-9-34-23(20)21)15-5-7-18(8-6-15)36-25(40)37-19-11-16(26(28,29)30)10-17(12-19)27(31,32)33/h3-14H,1-2H3,(H,35,39)(H2,36,37,40). The van der Waals surface area contributed by atoms with Gasteiger partial charge in [0.05, 0.1) is 27.9 Å². The lowest BCUT2D eigenvalue weighted by atomic mass is 10.1. The van der Waals surface area contributed by atoms with Gasteiger partial charge in [0.15, 0.2) is 0 Å². The van der Waals surface area contributed by atoms with Crippen molar-refractivity contribution in [2.45, 2.75) is 32.2 Å². The lowest BCUT2D eigenvalue weighted by Crippen LogP contribution is -2.30. The van der Waals surface area contributed by atoms with Crippen LogP contribution in [0, 0.1) is 0 Å². The average Bonchev–Trinajstić information content (AvgIpc) is 2.86. The number of alkyl halides is 6. The van der Waals surface area contributed by atoms with Gasteiger partial charge in [-0.2, -0.15) is 26.3 Å². The molecule has 0 radical (unpaired) electrons. The van der Waals surface area contributed by atoms with Gasteiger partial charge in [-0.15, -0.1) is 0 Å². The number of benzene rings is 2. The van der Waals surface area contributed by atoms with Gasteiger partial charge in [0.1, 0.15) is 5.52 Å². The van der Waals surface area contributed by atoms with Gasteiger partial charge < -0.3 is 16.0 Å². The van der Waals surface area contributed by atoms with Crippen LogP contribution in [0.2, 0.25) is 0 Å². The summed E-state index contributed by atoms with van der Waals surface area (Å²) < 4.78 is 78.5. The first kappa shape index (κ1) is 28.3. The minimum atomic E-state index is -5.05. The average molecular weight is 561 g/mol. The number of urea groups is 1. The molecule has 2 heterocycles. The molecule has 0 fully saturated rings. The Bertz CT molecular complexity index is 1530. The van der Waals surface area contributed by atoms with E-state index in [0.29, 0.717) is 40.0 Å². The number of aromatic nitrogens is 2. The number of fused-ring (bicyclic) bond motifs is 1. The van der Waals surface area contributed by atoms with Gasteiger partial charge in [0, 0.05) is 29.2 Å². The van der Waals surface area contributed by atoms with E-state index in [1.165, 1.54) is 12.1 Å². The molecule has 0 aliphatic rings. The Morgan fingerprint density at radius 1 is 0.800 bits per heavy atom. The summed E-state index contributed by atoms with van der Waals surface area (Å²) in [5, 5.41) is 7.18. The number of nitrogens with zero attached hydrogens (tertiary/aromatic N) is 2. The minimum absolute atomic E-state index is 0.0312. The summed E-state index contributed by atoms with van der Waals surface area (Å²) >= 11 is 0. The summed E-state index contributed by atoms with van der Waals surface area (Å²) in [6, 6.07) is 10.7.